The van der Waals surface area contributed by atoms with Gasteiger partial charge in [-0.2, -0.15) is 11.8 Å². The molecule has 0 aromatic carbocycles. The third-order valence-corrected chi connectivity index (χ3v) is 4.11. The highest BCUT2D eigenvalue weighted by atomic mass is 32.2. The molecule has 0 bridgehead atoms. The highest BCUT2D eigenvalue weighted by Gasteiger charge is 2.06. The molecule has 1 rings (SSSR count). The SMILES string of the molecule is CCc1nc(CSC(C)CC)ncc1CNC. The third-order valence-electron chi connectivity index (χ3n) is 2.78. The van der Waals surface area contributed by atoms with Gasteiger partial charge >= 0.3 is 0 Å². The maximum absolute atomic E-state index is 4.64. The van der Waals surface area contributed by atoms with E-state index in [1.807, 2.05) is 25.0 Å². The summed E-state index contributed by atoms with van der Waals surface area (Å²) in [6.07, 6.45) is 4.14. The zero-order chi connectivity index (χ0) is 12.7. The zero-order valence-electron chi connectivity index (χ0n) is 11.3. The molecule has 0 aliphatic heterocycles. The zero-order valence-corrected chi connectivity index (χ0v) is 12.1. The maximum Gasteiger partial charge on any atom is 0.138 e. The number of hydrogen-bond donors (Lipinski definition) is 1. The van der Waals surface area contributed by atoms with Crippen LogP contribution >= 0.6 is 11.8 Å². The smallest absolute Gasteiger partial charge is 0.138 e. The van der Waals surface area contributed by atoms with E-state index in [2.05, 4.69) is 36.1 Å². The van der Waals surface area contributed by atoms with Crippen LogP contribution < -0.4 is 5.32 Å². The maximum atomic E-state index is 4.64. The van der Waals surface area contributed by atoms with E-state index in [1.165, 1.54) is 17.7 Å². The molecule has 4 heteroatoms. The first-order valence-electron chi connectivity index (χ1n) is 6.31. The lowest BCUT2D eigenvalue weighted by molar-refractivity contribution is 0.777. The second-order valence-corrected chi connectivity index (χ2v) is 5.60. The first-order chi connectivity index (χ1) is 8.21. The number of aromatic nitrogens is 2. The first kappa shape index (κ1) is 14.5. The van der Waals surface area contributed by atoms with E-state index in [0.717, 1.165) is 24.5 Å². The van der Waals surface area contributed by atoms with E-state index < -0.39 is 0 Å². The molecule has 0 aliphatic rings. The van der Waals surface area contributed by atoms with Crippen LogP contribution in [0.3, 0.4) is 0 Å². The van der Waals surface area contributed by atoms with Crippen LogP contribution in [0.2, 0.25) is 0 Å². The number of thioether (sulfide) groups is 1. The fourth-order valence-electron chi connectivity index (χ4n) is 1.53. The fraction of sp³-hybridized carbons (Fsp3) is 0.692. The minimum Gasteiger partial charge on any atom is -0.316 e. The molecule has 0 amide bonds. The van der Waals surface area contributed by atoms with Gasteiger partial charge in [0.05, 0.1) is 5.75 Å². The fourth-order valence-corrected chi connectivity index (χ4v) is 2.34. The van der Waals surface area contributed by atoms with Crippen molar-refractivity contribution in [3.63, 3.8) is 0 Å². The Hall–Kier alpha value is -0.610. The molecule has 0 aliphatic carbocycles. The van der Waals surface area contributed by atoms with Crippen molar-refractivity contribution in [3.8, 4) is 0 Å². The van der Waals surface area contributed by atoms with Gasteiger partial charge in [-0.3, -0.25) is 0 Å². The summed E-state index contributed by atoms with van der Waals surface area (Å²) in [5.74, 6) is 1.88. The van der Waals surface area contributed by atoms with Crippen LogP contribution in [0.4, 0.5) is 0 Å². The van der Waals surface area contributed by atoms with Crippen LogP contribution in [-0.4, -0.2) is 22.3 Å². The van der Waals surface area contributed by atoms with E-state index in [1.54, 1.807) is 0 Å². The summed E-state index contributed by atoms with van der Waals surface area (Å²) < 4.78 is 0. The molecule has 0 saturated carbocycles. The Morgan fingerprint density at radius 1 is 1.41 bits per heavy atom. The van der Waals surface area contributed by atoms with Crippen LogP contribution in [0, 0.1) is 0 Å². The molecule has 1 heterocycles. The average Bonchev–Trinajstić information content (AvgIpc) is 2.37. The Morgan fingerprint density at radius 2 is 2.18 bits per heavy atom. The van der Waals surface area contributed by atoms with Gasteiger partial charge < -0.3 is 5.32 Å². The highest BCUT2D eigenvalue weighted by molar-refractivity contribution is 7.99. The monoisotopic (exact) mass is 253 g/mol. The van der Waals surface area contributed by atoms with Crippen molar-refractivity contribution in [2.45, 2.75) is 51.2 Å². The van der Waals surface area contributed by atoms with Gasteiger partial charge in [-0.05, 0) is 19.9 Å². The van der Waals surface area contributed by atoms with Gasteiger partial charge in [0.25, 0.3) is 0 Å². The molecule has 96 valence electrons. The Labute approximate surface area is 109 Å². The van der Waals surface area contributed by atoms with Gasteiger partial charge in [0.15, 0.2) is 0 Å². The van der Waals surface area contributed by atoms with Crippen LogP contribution in [-0.2, 0) is 18.7 Å². The quantitative estimate of drug-likeness (QED) is 0.811. The molecule has 1 unspecified atom stereocenters. The highest BCUT2D eigenvalue weighted by Crippen LogP contribution is 2.18. The Kier molecular flexibility index (Phi) is 6.52. The van der Waals surface area contributed by atoms with Crippen molar-refractivity contribution in [2.75, 3.05) is 7.05 Å². The predicted octanol–water partition coefficient (Wildman–Crippen LogP) is 2.79. The van der Waals surface area contributed by atoms with E-state index in [0.29, 0.717) is 5.25 Å². The van der Waals surface area contributed by atoms with Crippen molar-refractivity contribution in [1.29, 1.82) is 0 Å². The van der Waals surface area contributed by atoms with Crippen molar-refractivity contribution < 1.29 is 0 Å². The van der Waals surface area contributed by atoms with Crippen LogP contribution in [0.5, 0.6) is 0 Å². The van der Waals surface area contributed by atoms with Gasteiger partial charge in [-0.1, -0.05) is 20.8 Å². The molecule has 17 heavy (non-hydrogen) atoms. The topological polar surface area (TPSA) is 37.8 Å². The number of hydrogen-bond acceptors (Lipinski definition) is 4. The average molecular weight is 253 g/mol. The molecule has 1 atom stereocenters. The van der Waals surface area contributed by atoms with E-state index >= 15 is 0 Å². The first-order valence-corrected chi connectivity index (χ1v) is 7.35. The summed E-state index contributed by atoms with van der Waals surface area (Å²) in [7, 11) is 1.95. The lowest BCUT2D eigenvalue weighted by Crippen LogP contribution is -2.11. The van der Waals surface area contributed by atoms with Gasteiger partial charge in [0.1, 0.15) is 5.82 Å². The molecule has 0 spiro atoms. The summed E-state index contributed by atoms with van der Waals surface area (Å²) >= 11 is 1.93. The minimum absolute atomic E-state index is 0.681. The molecular weight excluding hydrogens is 230 g/mol. The van der Waals surface area contributed by atoms with Gasteiger partial charge in [-0.25, -0.2) is 9.97 Å². The summed E-state index contributed by atoms with van der Waals surface area (Å²) in [5, 5.41) is 3.83. The Bertz CT molecular complexity index is 341. The summed E-state index contributed by atoms with van der Waals surface area (Å²) in [5.41, 5.74) is 2.39. The molecule has 1 aromatic rings. The summed E-state index contributed by atoms with van der Waals surface area (Å²) in [6, 6.07) is 0. The molecule has 0 fully saturated rings. The van der Waals surface area contributed by atoms with Gasteiger partial charge in [0, 0.05) is 29.2 Å². The molecule has 3 nitrogen and oxygen atoms in total. The van der Waals surface area contributed by atoms with Crippen molar-refractivity contribution in [3.05, 3.63) is 23.3 Å². The molecule has 1 aromatic heterocycles. The number of nitrogens with zero attached hydrogens (tertiary/aromatic N) is 2. The van der Waals surface area contributed by atoms with Crippen molar-refractivity contribution in [1.82, 2.24) is 15.3 Å². The Morgan fingerprint density at radius 3 is 2.76 bits per heavy atom. The van der Waals surface area contributed by atoms with Crippen LogP contribution in [0.15, 0.2) is 6.20 Å². The van der Waals surface area contributed by atoms with Gasteiger partial charge in [0.2, 0.25) is 0 Å². The second-order valence-electron chi connectivity index (χ2n) is 4.17. The van der Waals surface area contributed by atoms with Crippen molar-refractivity contribution >= 4 is 11.8 Å². The van der Waals surface area contributed by atoms with Crippen LogP contribution in [0.25, 0.3) is 0 Å². The molecule has 1 N–H and O–H groups in total. The standard InChI is InChI=1S/C13H23N3S/c1-5-10(3)17-9-13-15-8-11(7-14-4)12(6-2)16-13/h8,10,14H,5-7,9H2,1-4H3. The lowest BCUT2D eigenvalue weighted by atomic mass is 10.2. The third kappa shape index (κ3) is 4.64. The van der Waals surface area contributed by atoms with E-state index in [9.17, 15) is 0 Å². The summed E-state index contributed by atoms with van der Waals surface area (Å²) in [6.45, 7) is 7.46. The summed E-state index contributed by atoms with van der Waals surface area (Å²) in [4.78, 5) is 9.08. The second kappa shape index (κ2) is 7.67. The number of aryl methyl sites for hydroxylation is 1. The minimum atomic E-state index is 0.681. The van der Waals surface area contributed by atoms with E-state index in [4.69, 9.17) is 0 Å². The molecule has 0 saturated heterocycles. The van der Waals surface area contributed by atoms with Crippen molar-refractivity contribution in [2.24, 2.45) is 0 Å². The predicted molar refractivity (Wildman–Crippen MR) is 75.2 cm³/mol. The normalized spacial score (nSPS) is 12.7. The lowest BCUT2D eigenvalue weighted by Gasteiger charge is -2.10. The molecular formula is C13H23N3S. The van der Waals surface area contributed by atoms with Gasteiger partial charge in [-0.15, -0.1) is 0 Å². The number of nitrogens with one attached hydrogen (secondary N) is 1. The Balaban J connectivity index is 2.68. The van der Waals surface area contributed by atoms with E-state index in [-0.39, 0.29) is 0 Å². The largest absolute Gasteiger partial charge is 0.316 e. The molecule has 0 radical (unpaired) electrons. The van der Waals surface area contributed by atoms with Crippen LogP contribution in [0.1, 0.15) is 44.3 Å². The number of rotatable bonds is 7.